The van der Waals surface area contributed by atoms with Gasteiger partial charge < -0.3 is 10.4 Å². The Labute approximate surface area is 140 Å². The van der Waals surface area contributed by atoms with Crippen molar-refractivity contribution < 1.29 is 9.50 Å². The second-order valence-electron chi connectivity index (χ2n) is 5.85. The second kappa shape index (κ2) is 7.03. The van der Waals surface area contributed by atoms with Crippen LogP contribution in [0, 0.1) is 19.7 Å². The second-order valence-corrected chi connectivity index (χ2v) is 6.99. The topological polar surface area (TPSA) is 50.1 Å². The summed E-state index contributed by atoms with van der Waals surface area (Å²) < 4.78 is 15.4. The number of rotatable bonds is 5. The lowest BCUT2D eigenvalue weighted by Crippen LogP contribution is -2.25. The largest absolute Gasteiger partial charge is 0.394 e. The van der Waals surface area contributed by atoms with Gasteiger partial charge in [0.15, 0.2) is 0 Å². The monoisotopic (exact) mass is 335 g/mol. The molecule has 4 nitrogen and oxygen atoms in total. The molecule has 0 amide bonds. The lowest BCUT2D eigenvalue weighted by Gasteiger charge is -2.26. The maximum Gasteiger partial charge on any atom is 0.123 e. The molecule has 3 rings (SSSR count). The first-order chi connectivity index (χ1) is 11.1. The number of fused-ring (bicyclic) bond motifs is 1. The van der Waals surface area contributed by atoms with Crippen LogP contribution < -0.4 is 5.32 Å². The predicted octanol–water partition coefficient (Wildman–Crippen LogP) is 2.96. The Morgan fingerprint density at radius 3 is 3.04 bits per heavy atom. The Morgan fingerprint density at radius 1 is 1.43 bits per heavy atom. The Hall–Kier alpha value is -1.37. The van der Waals surface area contributed by atoms with Gasteiger partial charge in [0.1, 0.15) is 5.82 Å². The van der Waals surface area contributed by atoms with E-state index in [-0.39, 0.29) is 18.5 Å². The van der Waals surface area contributed by atoms with Crippen molar-refractivity contribution in [1.82, 2.24) is 15.1 Å². The minimum absolute atomic E-state index is 0.0847. The van der Waals surface area contributed by atoms with Crippen LogP contribution in [0.25, 0.3) is 0 Å². The molecule has 2 heterocycles. The number of aliphatic hydroxyl groups is 1. The molecule has 0 spiro atoms. The summed E-state index contributed by atoms with van der Waals surface area (Å²) in [6, 6.07) is 5.22. The van der Waals surface area contributed by atoms with E-state index in [9.17, 15) is 4.39 Å². The van der Waals surface area contributed by atoms with Gasteiger partial charge in [-0.2, -0.15) is 5.10 Å². The van der Waals surface area contributed by atoms with Crippen LogP contribution in [0.3, 0.4) is 0 Å². The zero-order valence-corrected chi connectivity index (χ0v) is 14.3. The SMILES string of the molecule is Cc1nn(CCO)c(C)c1CNC1CCSc2ccc(F)cc21. The average Bonchev–Trinajstić information content (AvgIpc) is 2.80. The average molecular weight is 335 g/mol. The lowest BCUT2D eigenvalue weighted by molar-refractivity contribution is 0.267. The summed E-state index contributed by atoms with van der Waals surface area (Å²) in [5.74, 6) is 0.860. The number of hydrogen-bond acceptors (Lipinski definition) is 4. The molecule has 0 bridgehead atoms. The van der Waals surface area contributed by atoms with E-state index in [1.54, 1.807) is 17.8 Å². The van der Waals surface area contributed by atoms with Crippen molar-refractivity contribution in [1.29, 1.82) is 0 Å². The van der Waals surface area contributed by atoms with Crippen molar-refractivity contribution in [2.75, 3.05) is 12.4 Å². The normalized spacial score (nSPS) is 17.3. The maximum atomic E-state index is 13.6. The van der Waals surface area contributed by atoms with Gasteiger partial charge in [-0.1, -0.05) is 0 Å². The molecular weight excluding hydrogens is 313 g/mol. The standard InChI is InChI=1S/C17H22FN3OS/c1-11-15(12(2)21(20-11)6-7-22)10-19-16-5-8-23-17-4-3-13(18)9-14(16)17/h3-4,9,16,19,22H,5-8,10H2,1-2H3. The van der Waals surface area contributed by atoms with Crippen molar-refractivity contribution >= 4 is 11.8 Å². The predicted molar refractivity (Wildman–Crippen MR) is 90.1 cm³/mol. The minimum Gasteiger partial charge on any atom is -0.394 e. The third-order valence-electron chi connectivity index (χ3n) is 4.38. The van der Waals surface area contributed by atoms with Gasteiger partial charge in [0.05, 0.1) is 18.8 Å². The first-order valence-electron chi connectivity index (χ1n) is 7.89. The lowest BCUT2D eigenvalue weighted by atomic mass is 10.0. The number of thioether (sulfide) groups is 1. The van der Waals surface area contributed by atoms with Crippen LogP contribution in [0.4, 0.5) is 4.39 Å². The molecule has 1 unspecified atom stereocenters. The summed E-state index contributed by atoms with van der Waals surface area (Å²) >= 11 is 1.79. The van der Waals surface area contributed by atoms with Gasteiger partial charge in [-0.3, -0.25) is 4.68 Å². The molecule has 1 aromatic carbocycles. The molecule has 0 radical (unpaired) electrons. The van der Waals surface area contributed by atoms with Crippen molar-refractivity contribution in [3.05, 3.63) is 46.5 Å². The van der Waals surface area contributed by atoms with Gasteiger partial charge in [-0.15, -0.1) is 11.8 Å². The van der Waals surface area contributed by atoms with Crippen LogP contribution in [0.5, 0.6) is 0 Å². The molecule has 1 aromatic heterocycles. The summed E-state index contributed by atoms with van der Waals surface area (Å²) in [7, 11) is 0. The number of nitrogens with zero attached hydrogens (tertiary/aromatic N) is 2. The van der Waals surface area contributed by atoms with E-state index in [0.29, 0.717) is 13.1 Å². The van der Waals surface area contributed by atoms with Gasteiger partial charge in [0.25, 0.3) is 0 Å². The fraction of sp³-hybridized carbons (Fsp3) is 0.471. The number of aliphatic hydroxyl groups excluding tert-OH is 1. The Balaban J connectivity index is 1.76. The molecule has 0 aliphatic carbocycles. The van der Waals surface area contributed by atoms with Crippen LogP contribution >= 0.6 is 11.8 Å². The Kier molecular flexibility index (Phi) is 5.04. The van der Waals surface area contributed by atoms with E-state index in [1.807, 2.05) is 24.6 Å². The zero-order valence-electron chi connectivity index (χ0n) is 13.5. The molecule has 2 aromatic rings. The van der Waals surface area contributed by atoms with Crippen LogP contribution in [0.15, 0.2) is 23.1 Å². The van der Waals surface area contributed by atoms with Crippen molar-refractivity contribution in [2.24, 2.45) is 0 Å². The molecule has 0 saturated carbocycles. The summed E-state index contributed by atoms with van der Waals surface area (Å²) in [4.78, 5) is 1.17. The van der Waals surface area contributed by atoms with Crippen LogP contribution in [-0.2, 0) is 13.1 Å². The van der Waals surface area contributed by atoms with Gasteiger partial charge in [0.2, 0.25) is 0 Å². The number of nitrogens with one attached hydrogen (secondary N) is 1. The van der Waals surface area contributed by atoms with E-state index in [4.69, 9.17) is 5.11 Å². The highest BCUT2D eigenvalue weighted by Gasteiger charge is 2.22. The first-order valence-corrected chi connectivity index (χ1v) is 8.88. The molecular formula is C17H22FN3OS. The van der Waals surface area contributed by atoms with Gasteiger partial charge in [0, 0.05) is 28.7 Å². The first kappa shape index (κ1) is 16.5. The molecule has 6 heteroatoms. The summed E-state index contributed by atoms with van der Waals surface area (Å²) in [5, 5.41) is 17.1. The smallest absolute Gasteiger partial charge is 0.123 e. The van der Waals surface area contributed by atoms with E-state index >= 15 is 0 Å². The maximum absolute atomic E-state index is 13.6. The molecule has 124 valence electrons. The van der Waals surface area contributed by atoms with Crippen LogP contribution in [-0.4, -0.2) is 27.2 Å². The van der Waals surface area contributed by atoms with Crippen molar-refractivity contribution in [3.8, 4) is 0 Å². The molecule has 1 aliphatic rings. The molecule has 0 fully saturated rings. The number of hydrogen-bond donors (Lipinski definition) is 2. The number of aryl methyl sites for hydroxylation is 1. The number of aromatic nitrogens is 2. The van der Waals surface area contributed by atoms with Crippen LogP contribution in [0.1, 0.15) is 35.0 Å². The molecule has 23 heavy (non-hydrogen) atoms. The fourth-order valence-corrected chi connectivity index (χ4v) is 4.21. The highest BCUT2D eigenvalue weighted by Crippen LogP contribution is 2.36. The minimum atomic E-state index is -0.179. The highest BCUT2D eigenvalue weighted by molar-refractivity contribution is 7.99. The van der Waals surface area contributed by atoms with Crippen molar-refractivity contribution in [2.45, 2.75) is 44.3 Å². The van der Waals surface area contributed by atoms with Crippen LogP contribution in [0.2, 0.25) is 0 Å². The highest BCUT2D eigenvalue weighted by atomic mass is 32.2. The van der Waals surface area contributed by atoms with E-state index in [1.165, 1.54) is 11.0 Å². The summed E-state index contributed by atoms with van der Waals surface area (Å²) in [6.45, 7) is 5.32. The van der Waals surface area contributed by atoms with E-state index < -0.39 is 0 Å². The zero-order chi connectivity index (χ0) is 16.4. The van der Waals surface area contributed by atoms with Crippen molar-refractivity contribution in [3.63, 3.8) is 0 Å². The van der Waals surface area contributed by atoms with E-state index in [2.05, 4.69) is 10.4 Å². The van der Waals surface area contributed by atoms with Gasteiger partial charge >= 0.3 is 0 Å². The molecule has 1 atom stereocenters. The third-order valence-corrected chi connectivity index (χ3v) is 5.50. The summed E-state index contributed by atoms with van der Waals surface area (Å²) in [5.41, 5.74) is 4.27. The van der Waals surface area contributed by atoms with Gasteiger partial charge in [-0.25, -0.2) is 4.39 Å². The Morgan fingerprint density at radius 2 is 2.26 bits per heavy atom. The quantitative estimate of drug-likeness (QED) is 0.882. The molecule has 0 saturated heterocycles. The fourth-order valence-electron chi connectivity index (χ4n) is 3.10. The number of halogens is 1. The Bertz CT molecular complexity index is 701. The molecule has 2 N–H and O–H groups in total. The van der Waals surface area contributed by atoms with E-state index in [0.717, 1.165) is 34.7 Å². The summed E-state index contributed by atoms with van der Waals surface area (Å²) in [6.07, 6.45) is 0.990. The van der Waals surface area contributed by atoms with Gasteiger partial charge in [-0.05, 0) is 49.8 Å². The number of benzene rings is 1. The third kappa shape index (κ3) is 3.44. The molecule has 1 aliphatic heterocycles.